The number of alkyl halides is 3. The fourth-order valence-corrected chi connectivity index (χ4v) is 3.56. The van der Waals surface area contributed by atoms with Crippen LogP contribution in [-0.2, 0) is 14.3 Å². The molecule has 3 amide bonds. The largest absolute Gasteiger partial charge is 0.471 e. The highest BCUT2D eigenvalue weighted by molar-refractivity contribution is 5.81. The Kier molecular flexibility index (Phi) is 10.5. The zero-order valence-electron chi connectivity index (χ0n) is 21.0. The predicted molar refractivity (Wildman–Crippen MR) is 120 cm³/mol. The summed E-state index contributed by atoms with van der Waals surface area (Å²) in [5.41, 5.74) is 4.49. The number of rotatable bonds is 3. The van der Waals surface area contributed by atoms with Crippen LogP contribution in [-0.4, -0.2) is 83.5 Å². The topological polar surface area (TPSA) is 114 Å². The van der Waals surface area contributed by atoms with Gasteiger partial charge in [-0.25, -0.2) is 9.59 Å². The zero-order valence-corrected chi connectivity index (χ0v) is 21.0. The lowest BCUT2D eigenvalue weighted by Gasteiger charge is -2.28. The second-order valence-electron chi connectivity index (χ2n) is 10.4. The lowest BCUT2D eigenvalue weighted by molar-refractivity contribution is -0.173. The first-order valence-corrected chi connectivity index (χ1v) is 11.5. The van der Waals surface area contributed by atoms with Crippen molar-refractivity contribution in [2.45, 2.75) is 96.7 Å². The van der Waals surface area contributed by atoms with Gasteiger partial charge in [-0.1, -0.05) is 0 Å². The third-order valence-electron chi connectivity index (χ3n) is 5.04. The van der Waals surface area contributed by atoms with Crippen molar-refractivity contribution in [3.05, 3.63) is 0 Å². The van der Waals surface area contributed by atoms with Crippen molar-refractivity contribution < 1.29 is 37.0 Å². The molecule has 12 heteroatoms. The number of nitrogens with two attached hydrogens (primary N) is 1. The summed E-state index contributed by atoms with van der Waals surface area (Å²) in [7, 11) is 0. The standard InChI is InChI=1S/C12H19F3N2O3.C10H20N2O2/c1-11(2,3)20-10(19)17-6-4-5-8(17)7-16-9(18)12(13,14)15;1-10(2,3)14-9(13)12-6-4-5-8(12)7-11/h8H,4-7H2,1-3H3,(H,16,18);8H,4-7,11H2,1-3H3/t8-;/m1./s1. The van der Waals surface area contributed by atoms with Crippen molar-refractivity contribution in [3.8, 4) is 0 Å². The van der Waals surface area contributed by atoms with Crippen molar-refractivity contribution in [2.24, 2.45) is 5.73 Å². The highest BCUT2D eigenvalue weighted by atomic mass is 19.4. The minimum Gasteiger partial charge on any atom is -0.444 e. The van der Waals surface area contributed by atoms with Gasteiger partial charge in [-0.05, 0) is 67.2 Å². The summed E-state index contributed by atoms with van der Waals surface area (Å²) in [5.74, 6) is -1.99. The molecule has 2 saturated heterocycles. The maximum atomic E-state index is 12.1. The number of hydrogen-bond donors (Lipinski definition) is 2. The maximum Gasteiger partial charge on any atom is 0.471 e. The molecule has 2 rings (SSSR count). The molecule has 0 saturated carbocycles. The van der Waals surface area contributed by atoms with Crippen molar-refractivity contribution in [1.82, 2.24) is 15.1 Å². The van der Waals surface area contributed by atoms with E-state index >= 15 is 0 Å². The normalized spacial score (nSPS) is 21.0. The van der Waals surface area contributed by atoms with E-state index in [0.717, 1.165) is 19.4 Å². The number of likely N-dealkylation sites (tertiary alicyclic amines) is 2. The number of nitrogens with zero attached hydrogens (tertiary/aromatic N) is 2. The van der Waals surface area contributed by atoms with Gasteiger partial charge < -0.3 is 30.3 Å². The molecule has 2 aliphatic rings. The van der Waals surface area contributed by atoms with E-state index < -0.39 is 35.4 Å². The van der Waals surface area contributed by atoms with Gasteiger partial charge in [0.2, 0.25) is 0 Å². The second kappa shape index (κ2) is 11.9. The van der Waals surface area contributed by atoms with E-state index in [1.165, 1.54) is 4.90 Å². The molecule has 1 unspecified atom stereocenters. The smallest absolute Gasteiger partial charge is 0.444 e. The summed E-state index contributed by atoms with van der Waals surface area (Å²) < 4.78 is 46.7. The number of amides is 3. The Morgan fingerprint density at radius 1 is 0.853 bits per heavy atom. The van der Waals surface area contributed by atoms with E-state index in [9.17, 15) is 27.6 Å². The van der Waals surface area contributed by atoms with Gasteiger partial charge in [0.15, 0.2) is 0 Å². The van der Waals surface area contributed by atoms with Crippen LogP contribution in [0.4, 0.5) is 22.8 Å². The average molecular weight is 497 g/mol. The highest BCUT2D eigenvalue weighted by Gasteiger charge is 2.40. The van der Waals surface area contributed by atoms with Crippen LogP contribution >= 0.6 is 0 Å². The van der Waals surface area contributed by atoms with Gasteiger partial charge in [-0.2, -0.15) is 13.2 Å². The Bertz CT molecular complexity index is 704. The van der Waals surface area contributed by atoms with E-state index in [-0.39, 0.29) is 18.7 Å². The van der Waals surface area contributed by atoms with Crippen molar-refractivity contribution >= 4 is 18.1 Å². The lowest BCUT2D eigenvalue weighted by atomic mass is 10.2. The van der Waals surface area contributed by atoms with Crippen LogP contribution in [0.5, 0.6) is 0 Å². The van der Waals surface area contributed by atoms with E-state index in [2.05, 4.69) is 0 Å². The number of nitrogens with one attached hydrogen (secondary N) is 1. The zero-order chi connectivity index (χ0) is 26.3. The highest BCUT2D eigenvalue weighted by Crippen LogP contribution is 2.22. The minimum atomic E-state index is -4.91. The Morgan fingerprint density at radius 3 is 1.65 bits per heavy atom. The molecule has 0 aromatic rings. The first-order valence-electron chi connectivity index (χ1n) is 11.5. The SMILES string of the molecule is CC(C)(C)OC(=O)N1CCCC1CN.CC(C)(C)OC(=O)N1CCC[C@@H]1CNC(=O)C(F)(F)F. The summed E-state index contributed by atoms with van der Waals surface area (Å²) in [6.45, 7) is 12.2. The van der Waals surface area contributed by atoms with Gasteiger partial charge in [-0.15, -0.1) is 0 Å². The van der Waals surface area contributed by atoms with Gasteiger partial charge in [0.1, 0.15) is 11.2 Å². The molecule has 0 spiro atoms. The van der Waals surface area contributed by atoms with Gasteiger partial charge in [0, 0.05) is 32.2 Å². The fraction of sp³-hybridized carbons (Fsp3) is 0.864. The van der Waals surface area contributed by atoms with E-state index in [0.29, 0.717) is 25.9 Å². The summed E-state index contributed by atoms with van der Waals surface area (Å²) in [4.78, 5) is 37.4. The lowest BCUT2D eigenvalue weighted by Crippen LogP contribution is -2.47. The molecule has 9 nitrogen and oxygen atoms in total. The van der Waals surface area contributed by atoms with Crippen molar-refractivity contribution in [2.75, 3.05) is 26.2 Å². The molecule has 2 fully saturated rings. The Labute approximate surface area is 199 Å². The van der Waals surface area contributed by atoms with Gasteiger partial charge in [0.25, 0.3) is 0 Å². The molecule has 0 aromatic carbocycles. The minimum absolute atomic E-state index is 0.171. The monoisotopic (exact) mass is 496 g/mol. The Morgan fingerprint density at radius 2 is 1.26 bits per heavy atom. The Hall–Kier alpha value is -2.24. The van der Waals surface area contributed by atoms with E-state index in [1.54, 1.807) is 31.0 Å². The summed E-state index contributed by atoms with van der Waals surface area (Å²) in [6.07, 6.45) is -2.47. The molecular formula is C22H39F3N4O5. The molecule has 0 radical (unpaired) electrons. The maximum absolute atomic E-state index is 12.1. The number of hydrogen-bond acceptors (Lipinski definition) is 6. The summed E-state index contributed by atoms with van der Waals surface area (Å²) >= 11 is 0. The van der Waals surface area contributed by atoms with Crippen LogP contribution in [0, 0.1) is 0 Å². The van der Waals surface area contributed by atoms with Gasteiger partial charge in [-0.3, -0.25) is 4.79 Å². The van der Waals surface area contributed by atoms with E-state index in [4.69, 9.17) is 15.2 Å². The predicted octanol–water partition coefficient (Wildman–Crippen LogP) is 3.41. The van der Waals surface area contributed by atoms with E-state index in [1.807, 2.05) is 20.8 Å². The van der Waals surface area contributed by atoms with Crippen molar-refractivity contribution in [1.29, 1.82) is 0 Å². The van der Waals surface area contributed by atoms with Gasteiger partial charge in [0.05, 0.1) is 6.04 Å². The number of ether oxygens (including phenoxy) is 2. The number of carbonyl (C=O) groups is 3. The molecule has 0 bridgehead atoms. The molecule has 3 N–H and O–H groups in total. The summed E-state index contributed by atoms with van der Waals surface area (Å²) in [6, 6.07) is -0.291. The number of halogens is 3. The van der Waals surface area contributed by atoms with Crippen LogP contribution in [0.2, 0.25) is 0 Å². The molecule has 2 aliphatic heterocycles. The molecule has 0 aliphatic carbocycles. The molecule has 198 valence electrons. The molecular weight excluding hydrogens is 457 g/mol. The first-order chi connectivity index (χ1) is 15.4. The van der Waals surface area contributed by atoms with Crippen LogP contribution in [0.3, 0.4) is 0 Å². The van der Waals surface area contributed by atoms with Crippen LogP contribution in [0.25, 0.3) is 0 Å². The third-order valence-corrected chi connectivity index (χ3v) is 5.04. The van der Waals surface area contributed by atoms with Crippen LogP contribution in [0.15, 0.2) is 0 Å². The second-order valence-corrected chi connectivity index (χ2v) is 10.4. The molecule has 34 heavy (non-hydrogen) atoms. The molecule has 2 heterocycles. The third kappa shape index (κ3) is 10.4. The Balaban J connectivity index is 0.000000362. The quantitative estimate of drug-likeness (QED) is 0.619. The molecule has 0 aromatic heterocycles. The summed E-state index contributed by atoms with van der Waals surface area (Å²) in [5, 5.41) is 1.80. The van der Waals surface area contributed by atoms with Crippen molar-refractivity contribution in [3.63, 3.8) is 0 Å². The van der Waals surface area contributed by atoms with Gasteiger partial charge >= 0.3 is 24.3 Å². The fourth-order valence-electron chi connectivity index (χ4n) is 3.56. The molecule has 2 atom stereocenters. The first kappa shape index (κ1) is 29.8. The number of carbonyl (C=O) groups excluding carboxylic acids is 3. The van der Waals surface area contributed by atoms with Crippen LogP contribution in [0.1, 0.15) is 67.2 Å². The average Bonchev–Trinajstić information content (AvgIpc) is 3.32. The van der Waals surface area contributed by atoms with Crippen LogP contribution < -0.4 is 11.1 Å².